The zero-order valence-corrected chi connectivity index (χ0v) is 7.29. The third-order valence-corrected chi connectivity index (χ3v) is 4.22. The van der Waals surface area contributed by atoms with Gasteiger partial charge in [-0.2, -0.15) is 0 Å². The second-order valence-electron chi connectivity index (χ2n) is 2.24. The first kappa shape index (κ1) is 8.42. The van der Waals surface area contributed by atoms with Crippen LogP contribution in [0.3, 0.4) is 0 Å². The van der Waals surface area contributed by atoms with Gasteiger partial charge >= 0.3 is 7.60 Å². The van der Waals surface area contributed by atoms with E-state index in [1.807, 2.05) is 6.08 Å². The highest BCUT2D eigenvalue weighted by molar-refractivity contribution is 7.54. The molecule has 0 radical (unpaired) electrons. The number of hydrogen-bond acceptors (Lipinski definition) is 1. The molecule has 1 aliphatic heterocycles. The lowest BCUT2D eigenvalue weighted by atomic mass is 10.4. The molecule has 3 nitrogen and oxygen atoms in total. The highest BCUT2D eigenvalue weighted by Gasteiger charge is 2.26. The van der Waals surface area contributed by atoms with Gasteiger partial charge in [-0.15, -0.1) is 8.58 Å². The smallest absolute Gasteiger partial charge is 0.324 e. The maximum absolute atomic E-state index is 10.6. The van der Waals surface area contributed by atoms with Gasteiger partial charge in [0.25, 0.3) is 0 Å². The summed E-state index contributed by atoms with van der Waals surface area (Å²) in [5.74, 6) is 0. The zero-order chi connectivity index (χ0) is 7.61. The minimum atomic E-state index is -3.82. The second kappa shape index (κ2) is 3.15. The lowest BCUT2D eigenvalue weighted by Crippen LogP contribution is -2.10. The molecule has 10 heavy (non-hydrogen) atoms. The standard InChI is InChI=1S/C5H10O3P2/c6-10(7,8)5-2-1-3-9-4-5/h1-2,5,9H,3-4H2,(H2,6,7,8). The van der Waals surface area contributed by atoms with Crippen molar-refractivity contribution in [2.45, 2.75) is 5.66 Å². The van der Waals surface area contributed by atoms with E-state index in [9.17, 15) is 4.57 Å². The van der Waals surface area contributed by atoms with Crippen LogP contribution in [0.25, 0.3) is 0 Å². The Hall–Kier alpha value is 0.320. The van der Waals surface area contributed by atoms with Crippen molar-refractivity contribution in [3.63, 3.8) is 0 Å². The molecule has 0 aliphatic carbocycles. The summed E-state index contributed by atoms with van der Waals surface area (Å²) in [6, 6.07) is 0. The van der Waals surface area contributed by atoms with Crippen LogP contribution in [0, 0.1) is 0 Å². The van der Waals surface area contributed by atoms with Crippen LogP contribution in [-0.4, -0.2) is 27.8 Å². The van der Waals surface area contributed by atoms with Crippen molar-refractivity contribution in [2.24, 2.45) is 0 Å². The molecule has 58 valence electrons. The third kappa shape index (κ3) is 2.17. The summed E-state index contributed by atoms with van der Waals surface area (Å²) in [7, 11) is -3.14. The molecule has 0 saturated heterocycles. The maximum atomic E-state index is 10.6. The van der Waals surface area contributed by atoms with Gasteiger partial charge in [0.2, 0.25) is 0 Å². The van der Waals surface area contributed by atoms with Crippen molar-refractivity contribution < 1.29 is 14.4 Å². The molecule has 0 amide bonds. The van der Waals surface area contributed by atoms with Crippen molar-refractivity contribution in [1.29, 1.82) is 0 Å². The monoisotopic (exact) mass is 180 g/mol. The van der Waals surface area contributed by atoms with Crippen LogP contribution >= 0.6 is 16.2 Å². The molecule has 1 aliphatic rings. The average Bonchev–Trinajstić information content (AvgIpc) is 1.88. The van der Waals surface area contributed by atoms with E-state index in [2.05, 4.69) is 0 Å². The molecular weight excluding hydrogens is 170 g/mol. The Kier molecular flexibility index (Phi) is 2.65. The molecular formula is C5H10O3P2. The van der Waals surface area contributed by atoms with Crippen LogP contribution in [-0.2, 0) is 4.57 Å². The Morgan fingerprint density at radius 1 is 1.60 bits per heavy atom. The topological polar surface area (TPSA) is 57.5 Å². The molecule has 0 aromatic carbocycles. The highest BCUT2D eigenvalue weighted by atomic mass is 31.2. The molecule has 2 atom stereocenters. The second-order valence-corrected chi connectivity index (χ2v) is 5.40. The molecule has 0 aromatic heterocycles. The van der Waals surface area contributed by atoms with Gasteiger partial charge in [-0.1, -0.05) is 12.2 Å². The fourth-order valence-electron chi connectivity index (χ4n) is 0.839. The van der Waals surface area contributed by atoms with Gasteiger partial charge in [0, 0.05) is 0 Å². The molecule has 2 unspecified atom stereocenters. The fraction of sp³-hybridized carbons (Fsp3) is 0.600. The van der Waals surface area contributed by atoms with Crippen LogP contribution in [0.2, 0.25) is 0 Å². The minimum Gasteiger partial charge on any atom is -0.324 e. The van der Waals surface area contributed by atoms with Gasteiger partial charge in [-0.3, -0.25) is 4.57 Å². The average molecular weight is 180 g/mol. The molecule has 0 fully saturated rings. The summed E-state index contributed by atoms with van der Waals surface area (Å²) < 4.78 is 10.6. The summed E-state index contributed by atoms with van der Waals surface area (Å²) in [5.41, 5.74) is -0.500. The van der Waals surface area contributed by atoms with Crippen molar-refractivity contribution >= 4 is 16.2 Å². The van der Waals surface area contributed by atoms with E-state index >= 15 is 0 Å². The molecule has 5 heteroatoms. The van der Waals surface area contributed by atoms with Crippen LogP contribution in [0.15, 0.2) is 12.2 Å². The molecule has 0 saturated carbocycles. The summed E-state index contributed by atoms with van der Waals surface area (Å²) in [6.45, 7) is 0. The first-order chi connectivity index (χ1) is 4.61. The molecule has 0 spiro atoms. The Morgan fingerprint density at radius 3 is 2.60 bits per heavy atom. The van der Waals surface area contributed by atoms with Crippen LogP contribution < -0.4 is 0 Å². The fourth-order valence-corrected chi connectivity index (χ4v) is 3.42. The molecule has 2 N–H and O–H groups in total. The summed E-state index contributed by atoms with van der Waals surface area (Å²) in [4.78, 5) is 17.4. The van der Waals surface area contributed by atoms with E-state index < -0.39 is 13.3 Å². The van der Waals surface area contributed by atoms with Gasteiger partial charge in [-0.05, 0) is 12.3 Å². The van der Waals surface area contributed by atoms with E-state index in [-0.39, 0.29) is 0 Å². The van der Waals surface area contributed by atoms with Crippen LogP contribution in [0.5, 0.6) is 0 Å². The molecule has 0 bridgehead atoms. The largest absolute Gasteiger partial charge is 0.332 e. The number of rotatable bonds is 1. The summed E-state index contributed by atoms with van der Waals surface area (Å²) >= 11 is 0. The number of hydrogen-bond donors (Lipinski definition) is 2. The Morgan fingerprint density at radius 2 is 2.30 bits per heavy atom. The van der Waals surface area contributed by atoms with Crippen LogP contribution in [0.4, 0.5) is 0 Å². The Labute approximate surface area is 61.5 Å². The van der Waals surface area contributed by atoms with E-state index in [0.29, 0.717) is 14.7 Å². The lowest BCUT2D eigenvalue weighted by molar-refractivity contribution is 0.367. The number of allylic oxidation sites excluding steroid dienone is 2. The highest BCUT2D eigenvalue weighted by Crippen LogP contribution is 2.45. The zero-order valence-electron chi connectivity index (χ0n) is 5.40. The Bertz CT molecular complexity index is 183. The third-order valence-electron chi connectivity index (χ3n) is 1.41. The van der Waals surface area contributed by atoms with E-state index in [4.69, 9.17) is 9.79 Å². The van der Waals surface area contributed by atoms with Crippen molar-refractivity contribution in [3.8, 4) is 0 Å². The van der Waals surface area contributed by atoms with Crippen LogP contribution in [0.1, 0.15) is 0 Å². The van der Waals surface area contributed by atoms with Gasteiger partial charge in [0.1, 0.15) is 0 Å². The lowest BCUT2D eigenvalue weighted by Gasteiger charge is -2.16. The Balaban J connectivity index is 2.64. The molecule has 1 heterocycles. The SMILES string of the molecule is O=P(O)(O)C1C=CCPC1. The predicted molar refractivity (Wildman–Crippen MR) is 43.0 cm³/mol. The van der Waals surface area contributed by atoms with Gasteiger partial charge in [-0.25, -0.2) is 0 Å². The van der Waals surface area contributed by atoms with Crippen molar-refractivity contribution in [3.05, 3.63) is 12.2 Å². The van der Waals surface area contributed by atoms with Crippen molar-refractivity contribution in [1.82, 2.24) is 0 Å². The van der Waals surface area contributed by atoms with Gasteiger partial charge in [0.15, 0.2) is 0 Å². The van der Waals surface area contributed by atoms with E-state index in [1.54, 1.807) is 6.08 Å². The normalized spacial score (nSPS) is 29.2. The quantitative estimate of drug-likeness (QED) is 0.463. The molecule has 1 rings (SSSR count). The van der Waals surface area contributed by atoms with E-state index in [0.717, 1.165) is 6.16 Å². The van der Waals surface area contributed by atoms with Gasteiger partial charge in [0.05, 0.1) is 5.66 Å². The summed E-state index contributed by atoms with van der Waals surface area (Å²) in [6.07, 6.45) is 5.13. The predicted octanol–water partition coefficient (Wildman–Crippen LogP) is 0.781. The van der Waals surface area contributed by atoms with E-state index in [1.165, 1.54) is 0 Å². The first-order valence-electron chi connectivity index (χ1n) is 3.03. The minimum absolute atomic E-state index is 0.500. The van der Waals surface area contributed by atoms with Gasteiger partial charge < -0.3 is 9.79 Å². The first-order valence-corrected chi connectivity index (χ1v) is 6.13. The molecule has 0 aromatic rings. The van der Waals surface area contributed by atoms with Crippen molar-refractivity contribution in [2.75, 3.05) is 12.3 Å². The summed E-state index contributed by atoms with van der Waals surface area (Å²) in [5, 5.41) is 0. The maximum Gasteiger partial charge on any atom is 0.332 e.